The average molecular weight is 281 g/mol. The molecule has 1 aliphatic carbocycles. The number of rotatable bonds is 6. The van der Waals surface area contributed by atoms with Crippen LogP contribution in [0.4, 0.5) is 0 Å². The van der Waals surface area contributed by atoms with Crippen molar-refractivity contribution in [3.05, 3.63) is 22.4 Å². The molecule has 2 nitrogen and oxygen atoms in total. The van der Waals surface area contributed by atoms with Crippen molar-refractivity contribution in [1.82, 2.24) is 5.32 Å². The van der Waals surface area contributed by atoms with Gasteiger partial charge in [0.05, 0.1) is 5.60 Å². The van der Waals surface area contributed by atoms with Gasteiger partial charge < -0.3 is 10.4 Å². The molecular weight excluding hydrogens is 254 g/mol. The molecule has 1 aliphatic rings. The number of thiophene rings is 1. The fraction of sp³-hybridized carbons (Fsp3) is 0.750. The Morgan fingerprint density at radius 2 is 2.16 bits per heavy atom. The summed E-state index contributed by atoms with van der Waals surface area (Å²) in [6.07, 6.45) is 6.62. The summed E-state index contributed by atoms with van der Waals surface area (Å²) in [5, 5.41) is 16.4. The number of aliphatic hydroxyl groups is 1. The van der Waals surface area contributed by atoms with Crippen LogP contribution in [0.15, 0.2) is 17.5 Å². The fourth-order valence-corrected chi connectivity index (χ4v) is 3.93. The standard InChI is InChI=1S/C16H27NOS/c1-3-13-7-9-16(18,10-8-13)12-17-14(4-2)15-6-5-11-19-15/h5-6,11,13-14,17-18H,3-4,7-10,12H2,1-2H3. The zero-order valence-corrected chi connectivity index (χ0v) is 13.0. The molecule has 3 heteroatoms. The molecule has 1 atom stereocenters. The van der Waals surface area contributed by atoms with Gasteiger partial charge in [0.2, 0.25) is 0 Å². The van der Waals surface area contributed by atoms with Crippen LogP contribution in [0.1, 0.15) is 63.3 Å². The first-order chi connectivity index (χ1) is 9.17. The normalized spacial score (nSPS) is 29.3. The predicted octanol–water partition coefficient (Wildman–Crippen LogP) is 4.12. The third-order valence-corrected chi connectivity index (χ3v) is 5.57. The molecule has 1 fully saturated rings. The Hall–Kier alpha value is -0.380. The van der Waals surface area contributed by atoms with Crippen LogP contribution in [0.3, 0.4) is 0 Å². The van der Waals surface area contributed by atoms with Gasteiger partial charge in [0.15, 0.2) is 0 Å². The van der Waals surface area contributed by atoms with Crippen LogP contribution in [-0.2, 0) is 0 Å². The first kappa shape index (κ1) is 15.0. The highest BCUT2D eigenvalue weighted by Crippen LogP contribution is 2.34. The Bertz CT molecular complexity index is 355. The quantitative estimate of drug-likeness (QED) is 0.822. The Balaban J connectivity index is 1.84. The third-order valence-electron chi connectivity index (χ3n) is 4.59. The second-order valence-electron chi connectivity index (χ2n) is 5.93. The van der Waals surface area contributed by atoms with Crippen LogP contribution in [0, 0.1) is 5.92 Å². The molecule has 0 radical (unpaired) electrons. The van der Waals surface area contributed by atoms with E-state index < -0.39 is 5.60 Å². The van der Waals surface area contributed by atoms with Gasteiger partial charge in [-0.15, -0.1) is 11.3 Å². The molecule has 1 aromatic rings. The van der Waals surface area contributed by atoms with E-state index in [4.69, 9.17) is 0 Å². The summed E-state index contributed by atoms with van der Waals surface area (Å²) in [5.41, 5.74) is -0.476. The van der Waals surface area contributed by atoms with Crippen molar-refractivity contribution in [3.63, 3.8) is 0 Å². The molecule has 2 N–H and O–H groups in total. The minimum absolute atomic E-state index is 0.396. The van der Waals surface area contributed by atoms with Crippen molar-refractivity contribution < 1.29 is 5.11 Å². The average Bonchev–Trinajstić information content (AvgIpc) is 2.94. The molecule has 0 bridgehead atoms. The molecule has 1 saturated carbocycles. The maximum absolute atomic E-state index is 10.7. The minimum atomic E-state index is -0.476. The lowest BCUT2D eigenvalue weighted by Crippen LogP contribution is -2.44. The molecule has 19 heavy (non-hydrogen) atoms. The van der Waals surface area contributed by atoms with Crippen molar-refractivity contribution in [1.29, 1.82) is 0 Å². The van der Waals surface area contributed by atoms with E-state index in [1.807, 2.05) is 0 Å². The maximum Gasteiger partial charge on any atom is 0.0772 e. The summed E-state index contributed by atoms with van der Waals surface area (Å²) in [7, 11) is 0. The van der Waals surface area contributed by atoms with E-state index in [9.17, 15) is 5.11 Å². The Kier molecular flexibility index (Phi) is 5.43. The molecule has 0 aliphatic heterocycles. The molecule has 0 aromatic carbocycles. The van der Waals surface area contributed by atoms with Gasteiger partial charge in [0.25, 0.3) is 0 Å². The van der Waals surface area contributed by atoms with Crippen molar-refractivity contribution in [2.75, 3.05) is 6.54 Å². The molecule has 1 heterocycles. The van der Waals surface area contributed by atoms with Crippen molar-refractivity contribution in [3.8, 4) is 0 Å². The maximum atomic E-state index is 10.7. The number of hydrogen-bond acceptors (Lipinski definition) is 3. The minimum Gasteiger partial charge on any atom is -0.389 e. The summed E-state index contributed by atoms with van der Waals surface area (Å²) < 4.78 is 0. The first-order valence-corrected chi connectivity index (χ1v) is 8.54. The van der Waals surface area contributed by atoms with Crippen molar-refractivity contribution in [2.45, 2.75) is 64.0 Å². The molecule has 108 valence electrons. The van der Waals surface area contributed by atoms with Crippen molar-refractivity contribution in [2.24, 2.45) is 5.92 Å². The van der Waals surface area contributed by atoms with Gasteiger partial charge in [-0.05, 0) is 49.5 Å². The van der Waals surface area contributed by atoms with E-state index in [2.05, 4.69) is 36.7 Å². The van der Waals surface area contributed by atoms with E-state index in [0.717, 1.165) is 31.7 Å². The van der Waals surface area contributed by atoms with Crippen LogP contribution in [-0.4, -0.2) is 17.3 Å². The largest absolute Gasteiger partial charge is 0.389 e. The lowest BCUT2D eigenvalue weighted by atomic mass is 9.77. The third kappa shape index (κ3) is 4.04. The fourth-order valence-electron chi connectivity index (χ4n) is 3.05. The summed E-state index contributed by atoms with van der Waals surface area (Å²) >= 11 is 1.80. The van der Waals surface area contributed by atoms with E-state index in [0.29, 0.717) is 6.04 Å². The molecule has 0 amide bonds. The van der Waals surface area contributed by atoms with Crippen LogP contribution in [0.25, 0.3) is 0 Å². The zero-order chi connectivity index (χ0) is 13.7. The monoisotopic (exact) mass is 281 g/mol. The lowest BCUT2D eigenvalue weighted by Gasteiger charge is -2.37. The Labute approximate surface area is 121 Å². The molecule has 2 rings (SSSR count). The van der Waals surface area contributed by atoms with E-state index in [1.54, 1.807) is 11.3 Å². The van der Waals surface area contributed by atoms with Gasteiger partial charge in [0, 0.05) is 17.5 Å². The van der Waals surface area contributed by atoms with Gasteiger partial charge >= 0.3 is 0 Å². The summed E-state index contributed by atoms with van der Waals surface area (Å²) in [5.74, 6) is 0.833. The molecular formula is C16H27NOS. The van der Waals surface area contributed by atoms with Crippen LogP contribution in [0.2, 0.25) is 0 Å². The summed E-state index contributed by atoms with van der Waals surface area (Å²) in [6, 6.07) is 4.68. The van der Waals surface area contributed by atoms with Gasteiger partial charge in [-0.25, -0.2) is 0 Å². The molecule has 0 spiro atoms. The summed E-state index contributed by atoms with van der Waals surface area (Å²) in [6.45, 7) is 5.20. The van der Waals surface area contributed by atoms with Gasteiger partial charge in [-0.3, -0.25) is 0 Å². The Morgan fingerprint density at radius 3 is 2.68 bits per heavy atom. The lowest BCUT2D eigenvalue weighted by molar-refractivity contribution is -0.0107. The Morgan fingerprint density at radius 1 is 1.42 bits per heavy atom. The second-order valence-corrected chi connectivity index (χ2v) is 6.91. The van der Waals surface area contributed by atoms with Crippen molar-refractivity contribution >= 4 is 11.3 Å². The molecule has 1 aromatic heterocycles. The van der Waals surface area contributed by atoms with Gasteiger partial charge in [0.1, 0.15) is 0 Å². The molecule has 1 unspecified atom stereocenters. The smallest absolute Gasteiger partial charge is 0.0772 e. The van der Waals surface area contributed by atoms with Crippen LogP contribution >= 0.6 is 11.3 Å². The van der Waals surface area contributed by atoms with Crippen LogP contribution < -0.4 is 5.32 Å². The second kappa shape index (κ2) is 6.87. The highest BCUT2D eigenvalue weighted by molar-refractivity contribution is 7.10. The summed E-state index contributed by atoms with van der Waals surface area (Å²) in [4.78, 5) is 1.38. The van der Waals surface area contributed by atoms with Gasteiger partial charge in [-0.1, -0.05) is 26.3 Å². The van der Waals surface area contributed by atoms with E-state index >= 15 is 0 Å². The topological polar surface area (TPSA) is 32.3 Å². The van der Waals surface area contributed by atoms with E-state index in [1.165, 1.54) is 24.1 Å². The van der Waals surface area contributed by atoms with Gasteiger partial charge in [-0.2, -0.15) is 0 Å². The molecule has 0 saturated heterocycles. The first-order valence-electron chi connectivity index (χ1n) is 7.66. The zero-order valence-electron chi connectivity index (χ0n) is 12.2. The highest BCUT2D eigenvalue weighted by atomic mass is 32.1. The number of nitrogens with one attached hydrogen (secondary N) is 1. The number of hydrogen-bond donors (Lipinski definition) is 2. The SMILES string of the molecule is CCC1CCC(O)(CNC(CC)c2cccs2)CC1. The highest BCUT2D eigenvalue weighted by Gasteiger charge is 2.32. The van der Waals surface area contributed by atoms with E-state index in [-0.39, 0.29) is 0 Å². The predicted molar refractivity (Wildman–Crippen MR) is 82.6 cm³/mol. The van der Waals surface area contributed by atoms with Crippen LogP contribution in [0.5, 0.6) is 0 Å².